The molecule has 1 unspecified atom stereocenters. The number of carbonyl (C=O) groups excluding carboxylic acids is 1. The molecule has 0 radical (unpaired) electrons. The third-order valence-electron chi connectivity index (χ3n) is 3.44. The van der Waals surface area contributed by atoms with Gasteiger partial charge in [0.2, 0.25) is 0 Å². The number of aryl methyl sites for hydroxylation is 1. The van der Waals surface area contributed by atoms with Gasteiger partial charge in [0.05, 0.1) is 0 Å². The van der Waals surface area contributed by atoms with E-state index < -0.39 is 0 Å². The summed E-state index contributed by atoms with van der Waals surface area (Å²) in [5.74, 6) is 0.165. The molecule has 1 heterocycles. The van der Waals surface area contributed by atoms with Gasteiger partial charge in [-0.25, -0.2) is 0 Å². The standard InChI is InChI=1S/C14H20N2O/c1-11-4-6-12(7-5-11)14(17)16-10-8-13(16)3-2-9-15/h4-7,13H,2-3,8-10,15H2,1H3. The fraction of sp³-hybridized carbons (Fsp3) is 0.500. The van der Waals surface area contributed by atoms with Crippen molar-refractivity contribution in [3.63, 3.8) is 0 Å². The van der Waals surface area contributed by atoms with E-state index in [0.29, 0.717) is 12.6 Å². The van der Waals surface area contributed by atoms with Crippen LogP contribution in [0.25, 0.3) is 0 Å². The first kappa shape index (κ1) is 12.1. The van der Waals surface area contributed by atoms with Crippen molar-refractivity contribution in [2.24, 2.45) is 5.73 Å². The zero-order chi connectivity index (χ0) is 12.3. The van der Waals surface area contributed by atoms with E-state index in [2.05, 4.69) is 0 Å². The molecule has 1 aromatic rings. The summed E-state index contributed by atoms with van der Waals surface area (Å²) >= 11 is 0. The van der Waals surface area contributed by atoms with Crippen molar-refractivity contribution in [2.45, 2.75) is 32.2 Å². The van der Waals surface area contributed by atoms with E-state index in [-0.39, 0.29) is 5.91 Å². The number of hydrogen-bond donors (Lipinski definition) is 1. The van der Waals surface area contributed by atoms with E-state index in [1.165, 1.54) is 5.56 Å². The van der Waals surface area contributed by atoms with E-state index in [4.69, 9.17) is 5.73 Å². The van der Waals surface area contributed by atoms with Crippen LogP contribution in [0.1, 0.15) is 35.2 Å². The van der Waals surface area contributed by atoms with Gasteiger partial charge in [-0.2, -0.15) is 0 Å². The molecule has 0 saturated carbocycles. The summed E-state index contributed by atoms with van der Waals surface area (Å²) in [7, 11) is 0. The van der Waals surface area contributed by atoms with Gasteiger partial charge in [0, 0.05) is 18.2 Å². The van der Waals surface area contributed by atoms with E-state index in [0.717, 1.165) is 31.4 Å². The summed E-state index contributed by atoms with van der Waals surface area (Å²) in [6, 6.07) is 8.21. The van der Waals surface area contributed by atoms with Crippen LogP contribution in [0, 0.1) is 6.92 Å². The predicted molar refractivity (Wildman–Crippen MR) is 68.9 cm³/mol. The Balaban J connectivity index is 1.98. The highest BCUT2D eigenvalue weighted by molar-refractivity contribution is 5.94. The quantitative estimate of drug-likeness (QED) is 0.862. The van der Waals surface area contributed by atoms with Gasteiger partial charge in [0.1, 0.15) is 0 Å². The lowest BCUT2D eigenvalue weighted by atomic mass is 9.96. The minimum atomic E-state index is 0.165. The third kappa shape index (κ3) is 2.67. The molecule has 17 heavy (non-hydrogen) atoms. The summed E-state index contributed by atoms with van der Waals surface area (Å²) < 4.78 is 0. The van der Waals surface area contributed by atoms with Crippen LogP contribution in [-0.2, 0) is 0 Å². The molecular formula is C14H20N2O. The highest BCUT2D eigenvalue weighted by Gasteiger charge is 2.31. The van der Waals surface area contributed by atoms with E-state index >= 15 is 0 Å². The molecule has 3 heteroatoms. The summed E-state index contributed by atoms with van der Waals surface area (Å²) in [6.45, 7) is 3.63. The minimum absolute atomic E-state index is 0.165. The van der Waals surface area contributed by atoms with Crippen molar-refractivity contribution in [1.82, 2.24) is 4.90 Å². The van der Waals surface area contributed by atoms with Gasteiger partial charge in [-0.1, -0.05) is 17.7 Å². The van der Waals surface area contributed by atoms with Crippen molar-refractivity contribution < 1.29 is 4.79 Å². The molecular weight excluding hydrogens is 212 g/mol. The Bertz CT molecular complexity index is 386. The lowest BCUT2D eigenvalue weighted by Gasteiger charge is -2.41. The second kappa shape index (κ2) is 5.32. The van der Waals surface area contributed by atoms with Gasteiger partial charge in [-0.3, -0.25) is 4.79 Å². The van der Waals surface area contributed by atoms with Crippen molar-refractivity contribution in [3.05, 3.63) is 35.4 Å². The maximum absolute atomic E-state index is 12.2. The summed E-state index contributed by atoms with van der Waals surface area (Å²) in [5.41, 5.74) is 7.49. The fourth-order valence-electron chi connectivity index (χ4n) is 2.22. The van der Waals surface area contributed by atoms with Gasteiger partial charge in [-0.15, -0.1) is 0 Å². The van der Waals surface area contributed by atoms with Gasteiger partial charge in [0.25, 0.3) is 5.91 Å². The Morgan fingerprint density at radius 3 is 2.65 bits per heavy atom. The van der Waals surface area contributed by atoms with Crippen LogP contribution < -0.4 is 5.73 Å². The van der Waals surface area contributed by atoms with Gasteiger partial charge in [-0.05, 0) is 44.9 Å². The maximum atomic E-state index is 12.2. The predicted octanol–water partition coefficient (Wildman–Crippen LogP) is 1.95. The van der Waals surface area contributed by atoms with E-state index in [9.17, 15) is 4.79 Å². The second-order valence-electron chi connectivity index (χ2n) is 4.74. The molecule has 2 rings (SSSR count). The number of nitrogens with two attached hydrogens (primary N) is 1. The SMILES string of the molecule is Cc1ccc(C(=O)N2CCC2CCCN)cc1. The van der Waals surface area contributed by atoms with E-state index in [1.807, 2.05) is 36.1 Å². The van der Waals surface area contributed by atoms with Crippen LogP contribution in [0.4, 0.5) is 0 Å². The first-order valence-corrected chi connectivity index (χ1v) is 6.30. The molecule has 1 amide bonds. The number of nitrogens with zero attached hydrogens (tertiary/aromatic N) is 1. The summed E-state index contributed by atoms with van der Waals surface area (Å²) in [5, 5.41) is 0. The first-order valence-electron chi connectivity index (χ1n) is 6.30. The molecule has 0 aliphatic carbocycles. The average molecular weight is 232 g/mol. The highest BCUT2D eigenvalue weighted by atomic mass is 16.2. The van der Waals surface area contributed by atoms with Crippen LogP contribution >= 0.6 is 0 Å². The van der Waals surface area contributed by atoms with Gasteiger partial charge >= 0.3 is 0 Å². The van der Waals surface area contributed by atoms with Gasteiger partial charge in [0.15, 0.2) is 0 Å². The Morgan fingerprint density at radius 1 is 1.41 bits per heavy atom. The molecule has 0 aromatic heterocycles. The number of amides is 1. The molecule has 1 fully saturated rings. The molecule has 0 spiro atoms. The molecule has 1 aliphatic heterocycles. The van der Waals surface area contributed by atoms with Gasteiger partial charge < -0.3 is 10.6 Å². The van der Waals surface area contributed by atoms with E-state index in [1.54, 1.807) is 0 Å². The summed E-state index contributed by atoms with van der Waals surface area (Å²) in [6.07, 6.45) is 3.16. The first-order chi connectivity index (χ1) is 8.22. The Hall–Kier alpha value is -1.35. The molecule has 3 nitrogen and oxygen atoms in total. The largest absolute Gasteiger partial charge is 0.336 e. The van der Waals surface area contributed by atoms with Crippen LogP contribution in [0.2, 0.25) is 0 Å². The van der Waals surface area contributed by atoms with Crippen LogP contribution in [-0.4, -0.2) is 29.9 Å². The average Bonchev–Trinajstić information content (AvgIpc) is 2.29. The monoisotopic (exact) mass is 232 g/mol. The maximum Gasteiger partial charge on any atom is 0.254 e. The van der Waals surface area contributed by atoms with Crippen molar-refractivity contribution in [2.75, 3.05) is 13.1 Å². The number of likely N-dealkylation sites (tertiary alicyclic amines) is 1. The molecule has 2 N–H and O–H groups in total. The zero-order valence-corrected chi connectivity index (χ0v) is 10.4. The smallest absolute Gasteiger partial charge is 0.254 e. The summed E-state index contributed by atoms with van der Waals surface area (Å²) in [4.78, 5) is 14.2. The number of carbonyl (C=O) groups is 1. The minimum Gasteiger partial charge on any atom is -0.336 e. The van der Waals surface area contributed by atoms with Crippen LogP contribution in [0.3, 0.4) is 0 Å². The number of rotatable bonds is 4. The Kier molecular flexibility index (Phi) is 3.79. The normalized spacial score (nSPS) is 18.9. The van der Waals surface area contributed by atoms with Crippen molar-refractivity contribution in [1.29, 1.82) is 0 Å². The van der Waals surface area contributed by atoms with Crippen molar-refractivity contribution >= 4 is 5.91 Å². The molecule has 1 aromatic carbocycles. The molecule has 1 saturated heterocycles. The van der Waals surface area contributed by atoms with Crippen molar-refractivity contribution in [3.8, 4) is 0 Å². The lowest BCUT2D eigenvalue weighted by molar-refractivity contribution is 0.0441. The second-order valence-corrected chi connectivity index (χ2v) is 4.74. The third-order valence-corrected chi connectivity index (χ3v) is 3.44. The molecule has 1 atom stereocenters. The fourth-order valence-corrected chi connectivity index (χ4v) is 2.22. The topological polar surface area (TPSA) is 46.3 Å². The lowest BCUT2D eigenvalue weighted by Crippen LogP contribution is -2.51. The number of benzene rings is 1. The molecule has 0 bridgehead atoms. The van der Waals surface area contributed by atoms with Crippen LogP contribution in [0.15, 0.2) is 24.3 Å². The Morgan fingerprint density at radius 2 is 2.12 bits per heavy atom. The molecule has 1 aliphatic rings. The highest BCUT2D eigenvalue weighted by Crippen LogP contribution is 2.24. The Labute approximate surface area is 103 Å². The van der Waals surface area contributed by atoms with Crippen LogP contribution in [0.5, 0.6) is 0 Å². The zero-order valence-electron chi connectivity index (χ0n) is 10.4. The number of hydrogen-bond acceptors (Lipinski definition) is 2. The molecule has 92 valence electrons.